The minimum atomic E-state index is -0.928. The molecule has 1 unspecified atom stereocenters. The molecule has 1 aromatic heterocycles. The standard InChI is InChI=1S/C23H23FN2O3/c1-14(2)13-25-22(27)15(3)29-23(28)19-12-21(16-8-10-17(24)11-9-16)26-20-7-5-4-6-18(19)20/h4-12,14-15H,13H2,1-3H3,(H,25,27). The van der Waals surface area contributed by atoms with Crippen molar-refractivity contribution in [2.75, 3.05) is 6.54 Å². The second-order valence-corrected chi connectivity index (χ2v) is 7.27. The van der Waals surface area contributed by atoms with Crippen LogP contribution in [0.1, 0.15) is 31.1 Å². The molecule has 1 heterocycles. The van der Waals surface area contributed by atoms with Gasteiger partial charge in [-0.3, -0.25) is 4.79 Å². The Hall–Kier alpha value is -3.28. The van der Waals surface area contributed by atoms with Gasteiger partial charge in [-0.25, -0.2) is 14.2 Å². The van der Waals surface area contributed by atoms with E-state index in [1.165, 1.54) is 19.1 Å². The van der Waals surface area contributed by atoms with E-state index in [1.54, 1.807) is 36.4 Å². The van der Waals surface area contributed by atoms with E-state index in [4.69, 9.17) is 4.74 Å². The van der Waals surface area contributed by atoms with Crippen molar-refractivity contribution in [1.29, 1.82) is 0 Å². The lowest BCUT2D eigenvalue weighted by atomic mass is 10.0. The summed E-state index contributed by atoms with van der Waals surface area (Å²) in [6.45, 7) is 6.01. The van der Waals surface area contributed by atoms with E-state index in [0.717, 1.165) is 0 Å². The number of ether oxygens (including phenoxy) is 1. The van der Waals surface area contributed by atoms with Crippen LogP contribution < -0.4 is 5.32 Å². The summed E-state index contributed by atoms with van der Waals surface area (Å²) in [4.78, 5) is 29.6. The smallest absolute Gasteiger partial charge is 0.339 e. The number of nitrogens with one attached hydrogen (secondary N) is 1. The highest BCUT2D eigenvalue weighted by molar-refractivity contribution is 6.05. The van der Waals surface area contributed by atoms with E-state index >= 15 is 0 Å². The van der Waals surface area contributed by atoms with E-state index in [0.29, 0.717) is 40.2 Å². The number of aromatic nitrogens is 1. The van der Waals surface area contributed by atoms with Gasteiger partial charge >= 0.3 is 5.97 Å². The van der Waals surface area contributed by atoms with Gasteiger partial charge in [0.15, 0.2) is 6.10 Å². The fraction of sp³-hybridized carbons (Fsp3) is 0.261. The molecule has 3 rings (SSSR count). The molecule has 0 spiro atoms. The maximum absolute atomic E-state index is 13.3. The Labute approximate surface area is 168 Å². The van der Waals surface area contributed by atoms with Gasteiger partial charge < -0.3 is 10.1 Å². The highest BCUT2D eigenvalue weighted by Crippen LogP contribution is 2.26. The van der Waals surface area contributed by atoms with Crippen LogP contribution in [0.25, 0.3) is 22.2 Å². The topological polar surface area (TPSA) is 68.3 Å². The Balaban J connectivity index is 1.92. The molecule has 0 aliphatic carbocycles. The Morgan fingerprint density at radius 3 is 2.45 bits per heavy atom. The minimum absolute atomic E-state index is 0.296. The molecular formula is C23H23FN2O3. The second kappa shape index (κ2) is 8.82. The lowest BCUT2D eigenvalue weighted by Crippen LogP contribution is -2.37. The van der Waals surface area contributed by atoms with Crippen LogP contribution in [0.3, 0.4) is 0 Å². The molecule has 1 atom stereocenters. The Kier molecular flexibility index (Phi) is 6.22. The molecule has 150 valence electrons. The summed E-state index contributed by atoms with van der Waals surface area (Å²) >= 11 is 0. The largest absolute Gasteiger partial charge is 0.449 e. The molecular weight excluding hydrogens is 371 g/mol. The molecule has 0 saturated carbocycles. The zero-order valence-corrected chi connectivity index (χ0v) is 16.6. The van der Waals surface area contributed by atoms with Gasteiger partial charge in [0.05, 0.1) is 16.8 Å². The van der Waals surface area contributed by atoms with Crippen LogP contribution >= 0.6 is 0 Å². The third-order valence-corrected chi connectivity index (χ3v) is 4.41. The first kappa shape index (κ1) is 20.5. The third-order valence-electron chi connectivity index (χ3n) is 4.41. The van der Waals surface area contributed by atoms with Crippen molar-refractivity contribution in [3.8, 4) is 11.3 Å². The predicted octanol–water partition coefficient (Wildman–Crippen LogP) is 4.36. The zero-order valence-electron chi connectivity index (χ0n) is 16.6. The van der Waals surface area contributed by atoms with Crippen LogP contribution in [-0.2, 0) is 9.53 Å². The number of benzene rings is 2. The van der Waals surface area contributed by atoms with Gasteiger partial charge in [0.25, 0.3) is 5.91 Å². The minimum Gasteiger partial charge on any atom is -0.449 e. The number of amides is 1. The lowest BCUT2D eigenvalue weighted by Gasteiger charge is -2.16. The number of hydrogen-bond acceptors (Lipinski definition) is 4. The van der Waals surface area contributed by atoms with E-state index in [9.17, 15) is 14.0 Å². The van der Waals surface area contributed by atoms with E-state index in [-0.39, 0.29) is 11.7 Å². The number of fused-ring (bicyclic) bond motifs is 1. The van der Waals surface area contributed by atoms with Gasteiger partial charge in [-0.2, -0.15) is 0 Å². The molecule has 0 aliphatic heterocycles. The van der Waals surface area contributed by atoms with Gasteiger partial charge in [0.1, 0.15) is 5.82 Å². The van der Waals surface area contributed by atoms with Crippen LogP contribution in [0.2, 0.25) is 0 Å². The normalized spacial score (nSPS) is 12.0. The van der Waals surface area contributed by atoms with Crippen molar-refractivity contribution < 1.29 is 18.7 Å². The number of carbonyl (C=O) groups is 2. The number of halogens is 1. The first-order valence-electron chi connectivity index (χ1n) is 9.49. The molecule has 0 fully saturated rings. The fourth-order valence-corrected chi connectivity index (χ4v) is 2.84. The Morgan fingerprint density at radius 2 is 1.76 bits per heavy atom. The first-order chi connectivity index (χ1) is 13.8. The van der Waals surface area contributed by atoms with Crippen molar-refractivity contribution >= 4 is 22.8 Å². The summed E-state index contributed by atoms with van der Waals surface area (Å²) in [5.41, 5.74) is 2.11. The average molecular weight is 394 g/mol. The van der Waals surface area contributed by atoms with Gasteiger partial charge in [-0.1, -0.05) is 32.0 Å². The molecule has 0 bridgehead atoms. The van der Waals surface area contributed by atoms with Crippen molar-refractivity contribution in [2.45, 2.75) is 26.9 Å². The summed E-state index contributed by atoms with van der Waals surface area (Å²) in [7, 11) is 0. The van der Waals surface area contributed by atoms with Crippen LogP contribution in [0.5, 0.6) is 0 Å². The maximum atomic E-state index is 13.3. The summed E-state index contributed by atoms with van der Waals surface area (Å²) in [6, 6.07) is 14.7. The summed E-state index contributed by atoms with van der Waals surface area (Å²) in [5, 5.41) is 3.38. The van der Waals surface area contributed by atoms with Gasteiger partial charge in [-0.05, 0) is 49.2 Å². The van der Waals surface area contributed by atoms with Crippen molar-refractivity contribution in [3.05, 3.63) is 66.0 Å². The highest BCUT2D eigenvalue weighted by Gasteiger charge is 2.21. The molecule has 2 aromatic carbocycles. The molecule has 29 heavy (non-hydrogen) atoms. The molecule has 0 saturated heterocycles. The first-order valence-corrected chi connectivity index (χ1v) is 9.49. The lowest BCUT2D eigenvalue weighted by molar-refractivity contribution is -0.129. The number of esters is 1. The number of pyridine rings is 1. The fourth-order valence-electron chi connectivity index (χ4n) is 2.84. The number of hydrogen-bond donors (Lipinski definition) is 1. The number of rotatable bonds is 6. The number of para-hydroxylation sites is 1. The molecule has 1 amide bonds. The monoisotopic (exact) mass is 394 g/mol. The third kappa shape index (κ3) is 4.96. The van der Waals surface area contributed by atoms with E-state index in [1.807, 2.05) is 19.9 Å². The molecule has 5 nitrogen and oxygen atoms in total. The van der Waals surface area contributed by atoms with Crippen molar-refractivity contribution in [2.24, 2.45) is 5.92 Å². The van der Waals surface area contributed by atoms with Crippen molar-refractivity contribution in [3.63, 3.8) is 0 Å². The van der Waals surface area contributed by atoms with Crippen LogP contribution in [0.15, 0.2) is 54.6 Å². The quantitative estimate of drug-likeness (QED) is 0.631. The molecule has 3 aromatic rings. The van der Waals surface area contributed by atoms with Crippen LogP contribution in [0.4, 0.5) is 4.39 Å². The van der Waals surface area contributed by atoms with Crippen LogP contribution in [0, 0.1) is 11.7 Å². The van der Waals surface area contributed by atoms with Crippen LogP contribution in [-0.4, -0.2) is 29.5 Å². The summed E-state index contributed by atoms with van der Waals surface area (Å²) in [5.74, 6) is -1.01. The zero-order chi connectivity index (χ0) is 21.0. The molecule has 0 aliphatic rings. The summed E-state index contributed by atoms with van der Waals surface area (Å²) in [6.07, 6.45) is -0.928. The SMILES string of the molecule is CC(C)CNC(=O)C(C)OC(=O)c1cc(-c2ccc(F)cc2)nc2ccccc12. The number of nitrogens with zero attached hydrogens (tertiary/aromatic N) is 1. The molecule has 1 N–H and O–H groups in total. The predicted molar refractivity (Wildman–Crippen MR) is 110 cm³/mol. The van der Waals surface area contributed by atoms with Crippen molar-refractivity contribution in [1.82, 2.24) is 10.3 Å². The van der Waals surface area contributed by atoms with Gasteiger partial charge in [-0.15, -0.1) is 0 Å². The van der Waals surface area contributed by atoms with Gasteiger partial charge in [0.2, 0.25) is 0 Å². The van der Waals surface area contributed by atoms with E-state index < -0.39 is 12.1 Å². The average Bonchev–Trinajstić information content (AvgIpc) is 2.71. The maximum Gasteiger partial charge on any atom is 0.339 e. The molecule has 0 radical (unpaired) electrons. The Bertz CT molecular complexity index is 1030. The Morgan fingerprint density at radius 1 is 1.07 bits per heavy atom. The summed E-state index contributed by atoms with van der Waals surface area (Å²) < 4.78 is 18.7. The number of carbonyl (C=O) groups excluding carboxylic acids is 2. The molecule has 6 heteroatoms. The highest BCUT2D eigenvalue weighted by atomic mass is 19.1. The van der Waals surface area contributed by atoms with Gasteiger partial charge in [0, 0.05) is 17.5 Å². The van der Waals surface area contributed by atoms with E-state index in [2.05, 4.69) is 10.3 Å². The second-order valence-electron chi connectivity index (χ2n) is 7.27.